The van der Waals surface area contributed by atoms with E-state index in [0.717, 1.165) is 44.9 Å². The van der Waals surface area contributed by atoms with Crippen LogP contribution in [0.3, 0.4) is 0 Å². The highest BCUT2D eigenvalue weighted by molar-refractivity contribution is 6.30. The lowest BCUT2D eigenvalue weighted by molar-refractivity contribution is -0.297. The molecule has 1 heterocycles. The maximum Gasteiger partial charge on any atom is 0.251 e. The number of amides is 2. The zero-order valence-electron chi connectivity index (χ0n) is 43.8. The number of carbonyl (C=O) groups is 2. The maximum absolute atomic E-state index is 13.3. The number of benzene rings is 1. The Balaban J connectivity index is 1.72. The van der Waals surface area contributed by atoms with Gasteiger partial charge in [0.15, 0.2) is 6.29 Å². The second-order valence-electron chi connectivity index (χ2n) is 20.5. The van der Waals surface area contributed by atoms with Crippen molar-refractivity contribution in [3.05, 3.63) is 34.9 Å². The van der Waals surface area contributed by atoms with Crippen molar-refractivity contribution in [2.45, 2.75) is 300 Å². The Morgan fingerprint density at radius 3 is 1.38 bits per heavy atom. The molecule has 69 heavy (non-hydrogen) atoms. The van der Waals surface area contributed by atoms with Crippen LogP contribution in [0.4, 0.5) is 0 Å². The number of nitrogens with one attached hydrogen (secondary N) is 2. The zero-order chi connectivity index (χ0) is 50.2. The Morgan fingerprint density at radius 1 is 0.565 bits per heavy atom. The monoisotopic (exact) mass is 995 g/mol. The van der Waals surface area contributed by atoms with Gasteiger partial charge in [0, 0.05) is 23.6 Å². The van der Waals surface area contributed by atoms with E-state index < -0.39 is 54.9 Å². The van der Waals surface area contributed by atoms with Crippen molar-refractivity contribution in [3.63, 3.8) is 0 Å². The van der Waals surface area contributed by atoms with Crippen LogP contribution in [0.25, 0.3) is 0 Å². The highest BCUT2D eigenvalue weighted by Crippen LogP contribution is 2.24. The summed E-state index contributed by atoms with van der Waals surface area (Å²) >= 11 is 5.95. The molecule has 0 saturated carbocycles. The summed E-state index contributed by atoms with van der Waals surface area (Å²) in [5.41, 5.74) is 0.337. The molecular formula is C57H103ClN2O9. The molecule has 0 bridgehead atoms. The van der Waals surface area contributed by atoms with Gasteiger partial charge in [-0.05, 0) is 37.1 Å². The summed E-state index contributed by atoms with van der Waals surface area (Å²) in [6, 6.07) is 5.23. The van der Waals surface area contributed by atoms with Crippen molar-refractivity contribution >= 4 is 23.4 Å². The van der Waals surface area contributed by atoms with Crippen LogP contribution in [0.1, 0.15) is 262 Å². The van der Waals surface area contributed by atoms with Crippen LogP contribution in [0.2, 0.25) is 5.02 Å². The van der Waals surface area contributed by atoms with Crippen molar-refractivity contribution in [1.29, 1.82) is 0 Å². The lowest BCUT2D eigenvalue weighted by Gasteiger charge is -2.41. The van der Waals surface area contributed by atoms with E-state index in [1.54, 1.807) is 24.3 Å². The molecule has 402 valence electrons. The van der Waals surface area contributed by atoms with Crippen molar-refractivity contribution in [2.75, 3.05) is 13.2 Å². The second-order valence-corrected chi connectivity index (χ2v) is 20.9. The molecule has 1 aliphatic heterocycles. The number of carbonyl (C=O) groups excluding carboxylic acids is 2. The molecule has 2 rings (SSSR count). The molecule has 8 atom stereocenters. The molecule has 11 nitrogen and oxygen atoms in total. The normalized spacial score (nSPS) is 19.6. The number of aliphatic hydroxyl groups excluding tert-OH is 5. The summed E-state index contributed by atoms with van der Waals surface area (Å²) in [4.78, 5) is 26.0. The van der Waals surface area contributed by atoms with E-state index >= 15 is 0 Å². The summed E-state index contributed by atoms with van der Waals surface area (Å²) in [7, 11) is 0. The minimum atomic E-state index is -1.66. The molecule has 1 aliphatic rings. The van der Waals surface area contributed by atoms with Gasteiger partial charge in [0.1, 0.15) is 30.5 Å². The number of hydrogen-bond acceptors (Lipinski definition) is 9. The fourth-order valence-electron chi connectivity index (χ4n) is 9.53. The van der Waals surface area contributed by atoms with Crippen LogP contribution in [-0.4, -0.2) is 99.5 Å². The minimum Gasteiger partial charge on any atom is -0.390 e. The number of aliphatic hydroxyl groups is 5. The number of unbranched alkanes of at least 4 members (excludes halogenated alkanes) is 33. The Kier molecular flexibility index (Phi) is 39.1. The fourth-order valence-corrected chi connectivity index (χ4v) is 9.65. The SMILES string of the molecule is CCCCCCCCCCCCCCCCCCCCCCCCCC(=O)N[C@@H](CO[C@H]1O[C@H](CNC(=O)c2ccc(Cl)cc2)[C@H](O)[C@H](O)[C@H]1O)[C@H](O)[C@H](O)CCCCCCCCCCCCCC. The first-order chi connectivity index (χ1) is 33.6. The number of rotatable bonds is 46. The molecule has 1 saturated heterocycles. The first-order valence-electron chi connectivity index (χ1n) is 28.6. The summed E-state index contributed by atoms with van der Waals surface area (Å²) in [5, 5.41) is 60.7. The van der Waals surface area contributed by atoms with Gasteiger partial charge in [-0.25, -0.2) is 0 Å². The van der Waals surface area contributed by atoms with Gasteiger partial charge >= 0.3 is 0 Å². The maximum atomic E-state index is 13.3. The van der Waals surface area contributed by atoms with Gasteiger partial charge in [-0.1, -0.05) is 244 Å². The van der Waals surface area contributed by atoms with Crippen LogP contribution in [0.5, 0.6) is 0 Å². The molecule has 2 amide bonds. The van der Waals surface area contributed by atoms with Crippen LogP contribution in [0, 0.1) is 0 Å². The van der Waals surface area contributed by atoms with E-state index in [-0.39, 0.29) is 25.5 Å². The van der Waals surface area contributed by atoms with Gasteiger partial charge in [-0.3, -0.25) is 9.59 Å². The van der Waals surface area contributed by atoms with E-state index in [1.807, 2.05) is 0 Å². The molecule has 0 unspecified atom stereocenters. The Labute approximate surface area is 425 Å². The Hall–Kier alpha value is -1.83. The molecular weight excluding hydrogens is 892 g/mol. The van der Waals surface area contributed by atoms with Crippen LogP contribution >= 0.6 is 11.6 Å². The molecule has 0 aliphatic carbocycles. The van der Waals surface area contributed by atoms with Crippen molar-refractivity contribution < 1.29 is 44.6 Å². The summed E-state index contributed by atoms with van der Waals surface area (Å²) in [6.45, 7) is 3.98. The van der Waals surface area contributed by atoms with E-state index in [4.69, 9.17) is 21.1 Å². The topological polar surface area (TPSA) is 178 Å². The standard InChI is InChI=1S/C57H103ClN2O9/c1-3-5-7-9-11-13-15-17-18-19-20-21-22-23-24-25-26-27-29-31-33-35-37-39-51(62)60-48(52(63)49(61)38-36-34-32-30-28-16-14-12-10-8-6-4-2)45-68-57-55(66)54(65)53(64)50(69-57)44-59-56(67)46-40-42-47(58)43-41-46/h40-43,48-50,52-55,57,61,63-66H,3-39,44-45H2,1-2H3,(H,59,67)(H,60,62)/t48-,49+,50+,52-,53-,54-,55+,57-/m0/s1. The van der Waals surface area contributed by atoms with Gasteiger partial charge < -0.3 is 45.6 Å². The van der Waals surface area contributed by atoms with E-state index in [2.05, 4.69) is 24.5 Å². The van der Waals surface area contributed by atoms with Crippen LogP contribution in [0.15, 0.2) is 24.3 Å². The predicted molar refractivity (Wildman–Crippen MR) is 283 cm³/mol. The van der Waals surface area contributed by atoms with Gasteiger partial charge in [0.25, 0.3) is 5.91 Å². The predicted octanol–water partition coefficient (Wildman–Crippen LogP) is 12.6. The van der Waals surface area contributed by atoms with Crippen LogP contribution in [-0.2, 0) is 14.3 Å². The summed E-state index contributed by atoms with van der Waals surface area (Å²) in [6.07, 6.45) is 34.7. The first kappa shape index (κ1) is 63.3. The summed E-state index contributed by atoms with van der Waals surface area (Å²) < 4.78 is 11.7. The zero-order valence-corrected chi connectivity index (χ0v) is 44.5. The van der Waals surface area contributed by atoms with E-state index in [9.17, 15) is 35.1 Å². The van der Waals surface area contributed by atoms with Gasteiger partial charge in [-0.2, -0.15) is 0 Å². The number of halogens is 1. The van der Waals surface area contributed by atoms with Gasteiger partial charge in [-0.15, -0.1) is 0 Å². The molecule has 0 radical (unpaired) electrons. The average Bonchev–Trinajstić information content (AvgIpc) is 3.35. The highest BCUT2D eigenvalue weighted by atomic mass is 35.5. The van der Waals surface area contributed by atoms with E-state index in [1.165, 1.54) is 173 Å². The fraction of sp³-hybridized carbons (Fsp3) is 0.860. The number of hydrogen-bond donors (Lipinski definition) is 7. The average molecular weight is 996 g/mol. The molecule has 7 N–H and O–H groups in total. The minimum absolute atomic E-state index is 0.202. The summed E-state index contributed by atoms with van der Waals surface area (Å²) in [5.74, 6) is -0.721. The van der Waals surface area contributed by atoms with Crippen molar-refractivity contribution in [3.8, 4) is 0 Å². The first-order valence-corrected chi connectivity index (χ1v) is 29.0. The quantitative estimate of drug-likeness (QED) is 0.0313. The largest absolute Gasteiger partial charge is 0.390 e. The lowest BCUT2D eigenvalue weighted by atomic mass is 9.98. The number of ether oxygens (including phenoxy) is 2. The Bertz CT molecular complexity index is 1360. The highest BCUT2D eigenvalue weighted by Gasteiger charge is 2.45. The van der Waals surface area contributed by atoms with Gasteiger partial charge in [0.05, 0.1) is 18.8 Å². The third-order valence-corrected chi connectivity index (χ3v) is 14.4. The molecule has 12 heteroatoms. The van der Waals surface area contributed by atoms with Gasteiger partial charge in [0.2, 0.25) is 5.91 Å². The molecule has 1 aromatic carbocycles. The second kappa shape index (κ2) is 42.7. The van der Waals surface area contributed by atoms with Crippen molar-refractivity contribution in [1.82, 2.24) is 10.6 Å². The molecule has 0 aromatic heterocycles. The third-order valence-electron chi connectivity index (χ3n) is 14.2. The molecule has 1 aromatic rings. The van der Waals surface area contributed by atoms with E-state index in [0.29, 0.717) is 23.4 Å². The smallest absolute Gasteiger partial charge is 0.251 e. The van der Waals surface area contributed by atoms with Crippen LogP contribution < -0.4 is 10.6 Å². The van der Waals surface area contributed by atoms with Crippen molar-refractivity contribution in [2.24, 2.45) is 0 Å². The lowest BCUT2D eigenvalue weighted by Crippen LogP contribution is -2.61. The molecule has 0 spiro atoms. The Morgan fingerprint density at radius 2 is 0.957 bits per heavy atom. The third kappa shape index (κ3) is 31.4. The molecule has 1 fully saturated rings.